The summed E-state index contributed by atoms with van der Waals surface area (Å²) in [5.41, 5.74) is 15.5. The van der Waals surface area contributed by atoms with Crippen LogP contribution >= 0.6 is 0 Å². The van der Waals surface area contributed by atoms with Crippen molar-refractivity contribution in [2.75, 3.05) is 14.7 Å². The average Bonchev–Trinajstić information content (AvgIpc) is 3.02. The molecule has 9 rings (SSSR count). The third kappa shape index (κ3) is 3.10. The first-order valence-electron chi connectivity index (χ1n) is 14.6. The van der Waals surface area contributed by atoms with Crippen molar-refractivity contribution in [3.63, 3.8) is 0 Å². The number of hydrogen-bond acceptors (Lipinski definition) is 3. The van der Waals surface area contributed by atoms with Crippen LogP contribution in [0.25, 0.3) is 0 Å². The van der Waals surface area contributed by atoms with Crippen LogP contribution in [-0.2, 0) is 0 Å². The molecular formula is C37H28BN3. The lowest BCUT2D eigenvalue weighted by Crippen LogP contribution is -2.65. The van der Waals surface area contributed by atoms with E-state index in [-0.39, 0.29) is 6.71 Å². The predicted octanol–water partition coefficient (Wildman–Crippen LogP) is 7.70. The molecule has 0 fully saturated rings. The van der Waals surface area contributed by atoms with E-state index >= 15 is 0 Å². The van der Waals surface area contributed by atoms with Crippen LogP contribution in [-0.4, -0.2) is 6.71 Å². The topological polar surface area (TPSA) is 9.72 Å². The number of rotatable bonds is 3. The maximum absolute atomic E-state index is 2.55. The molecule has 194 valence electrons. The monoisotopic (exact) mass is 525 g/mol. The molecule has 0 N–H and O–H groups in total. The molecule has 0 saturated heterocycles. The van der Waals surface area contributed by atoms with Crippen molar-refractivity contribution < 1.29 is 0 Å². The van der Waals surface area contributed by atoms with Crippen molar-refractivity contribution in [3.8, 4) is 0 Å². The van der Waals surface area contributed by atoms with E-state index in [0.717, 1.165) is 6.42 Å². The summed E-state index contributed by atoms with van der Waals surface area (Å²) in [6.45, 7) is 2.47. The van der Waals surface area contributed by atoms with Crippen LogP contribution < -0.4 is 31.1 Å². The SMILES string of the molecule is CC1C=CC=C(N2c3cccc4c3B3c5c2cccc5N(c2ccccc2)c2cccc(c23)N4c2ccccc2)C1. The molecule has 1 unspecified atom stereocenters. The molecule has 41 heavy (non-hydrogen) atoms. The van der Waals surface area contributed by atoms with Gasteiger partial charge in [-0.25, -0.2) is 0 Å². The van der Waals surface area contributed by atoms with Crippen LogP contribution in [0, 0.1) is 5.92 Å². The zero-order valence-electron chi connectivity index (χ0n) is 22.9. The van der Waals surface area contributed by atoms with Crippen molar-refractivity contribution in [2.24, 2.45) is 5.92 Å². The Bertz CT molecular complexity index is 1790. The summed E-state index contributed by atoms with van der Waals surface area (Å²) in [7, 11) is 0. The van der Waals surface area contributed by atoms with Gasteiger partial charge in [0.25, 0.3) is 6.71 Å². The molecule has 3 aliphatic heterocycles. The number of para-hydroxylation sites is 2. The summed E-state index contributed by atoms with van der Waals surface area (Å²) < 4.78 is 0. The first-order chi connectivity index (χ1) is 20.3. The summed E-state index contributed by atoms with van der Waals surface area (Å²) in [5.74, 6) is 0.501. The summed E-state index contributed by atoms with van der Waals surface area (Å²) in [5, 5.41) is 0. The Kier molecular flexibility index (Phi) is 4.74. The maximum atomic E-state index is 2.55. The van der Waals surface area contributed by atoms with Gasteiger partial charge in [0.1, 0.15) is 0 Å². The first-order valence-corrected chi connectivity index (χ1v) is 14.6. The standard InChI is InChI=1S/C37H28BN3/c1-25-12-8-17-28(24-25)41-33-22-10-20-31-36(33)38-35-29(39(31)26-13-4-2-5-14-26)18-9-19-30(35)40(27-15-6-3-7-16-27)32-21-11-23-34(41)37(32)38/h2-23,25H,24H2,1H3. The quantitative estimate of drug-likeness (QED) is 0.219. The second-order valence-corrected chi connectivity index (χ2v) is 11.5. The van der Waals surface area contributed by atoms with Crippen LogP contribution in [0.1, 0.15) is 13.3 Å². The van der Waals surface area contributed by atoms with Crippen LogP contribution in [0.2, 0.25) is 0 Å². The molecule has 0 amide bonds. The van der Waals surface area contributed by atoms with Gasteiger partial charge in [-0.15, -0.1) is 0 Å². The molecule has 3 heterocycles. The minimum Gasteiger partial charge on any atom is -0.315 e. The molecule has 0 spiro atoms. The lowest BCUT2D eigenvalue weighted by atomic mass is 9.32. The molecule has 1 atom stereocenters. The molecule has 5 aromatic rings. The van der Waals surface area contributed by atoms with Crippen molar-refractivity contribution in [1.29, 1.82) is 0 Å². The third-order valence-electron chi connectivity index (χ3n) is 9.07. The van der Waals surface area contributed by atoms with E-state index in [0.29, 0.717) is 5.92 Å². The molecule has 0 radical (unpaired) electrons. The highest BCUT2D eigenvalue weighted by molar-refractivity contribution is 7.02. The second-order valence-electron chi connectivity index (χ2n) is 11.5. The minimum atomic E-state index is 0.159. The Labute approximate surface area is 241 Å². The van der Waals surface area contributed by atoms with Crippen molar-refractivity contribution >= 4 is 68.6 Å². The number of hydrogen-bond donors (Lipinski definition) is 0. The molecule has 0 saturated carbocycles. The zero-order chi connectivity index (χ0) is 27.1. The van der Waals surface area contributed by atoms with Crippen LogP contribution in [0.5, 0.6) is 0 Å². The number of allylic oxidation sites excluding steroid dienone is 4. The highest BCUT2D eigenvalue weighted by Gasteiger charge is 2.49. The Morgan fingerprint density at radius 2 is 0.927 bits per heavy atom. The Morgan fingerprint density at radius 3 is 1.34 bits per heavy atom. The Hall–Kier alpha value is -4.96. The normalized spacial score (nSPS) is 17.4. The zero-order valence-corrected chi connectivity index (χ0v) is 22.9. The molecule has 4 aliphatic rings. The summed E-state index contributed by atoms with van der Waals surface area (Å²) >= 11 is 0. The van der Waals surface area contributed by atoms with Crippen LogP contribution in [0.15, 0.2) is 139 Å². The van der Waals surface area contributed by atoms with E-state index in [1.807, 2.05) is 0 Å². The average molecular weight is 525 g/mol. The fourth-order valence-electron chi connectivity index (χ4n) is 7.51. The van der Waals surface area contributed by atoms with E-state index in [2.05, 4.69) is 155 Å². The molecule has 0 bridgehead atoms. The Balaban J connectivity index is 1.42. The summed E-state index contributed by atoms with van der Waals surface area (Å²) in [4.78, 5) is 7.51. The van der Waals surface area contributed by atoms with E-state index in [9.17, 15) is 0 Å². The van der Waals surface area contributed by atoms with Crippen molar-refractivity contribution in [1.82, 2.24) is 0 Å². The first kappa shape index (κ1) is 22.8. The third-order valence-corrected chi connectivity index (χ3v) is 9.07. The van der Waals surface area contributed by atoms with Gasteiger partial charge in [-0.2, -0.15) is 0 Å². The number of benzene rings is 5. The van der Waals surface area contributed by atoms with E-state index in [1.165, 1.54) is 67.6 Å². The van der Waals surface area contributed by atoms with Crippen molar-refractivity contribution in [2.45, 2.75) is 13.3 Å². The largest absolute Gasteiger partial charge is 0.315 e. The fourth-order valence-corrected chi connectivity index (χ4v) is 7.51. The highest BCUT2D eigenvalue weighted by Crippen LogP contribution is 2.49. The highest BCUT2D eigenvalue weighted by atomic mass is 15.2. The lowest BCUT2D eigenvalue weighted by molar-refractivity contribution is 0.696. The predicted molar refractivity (Wildman–Crippen MR) is 174 cm³/mol. The Morgan fingerprint density at radius 1 is 0.512 bits per heavy atom. The molecule has 0 aromatic heterocycles. The number of anilines is 8. The van der Waals surface area contributed by atoms with Gasteiger partial charge >= 0.3 is 0 Å². The minimum absolute atomic E-state index is 0.159. The van der Waals surface area contributed by atoms with E-state index in [4.69, 9.17) is 0 Å². The van der Waals surface area contributed by atoms with Crippen LogP contribution in [0.3, 0.4) is 0 Å². The van der Waals surface area contributed by atoms with Gasteiger partial charge in [0.2, 0.25) is 0 Å². The summed E-state index contributed by atoms with van der Waals surface area (Å²) in [6, 6.07) is 42.3. The van der Waals surface area contributed by atoms with Gasteiger partial charge in [0.15, 0.2) is 0 Å². The molecule has 4 heteroatoms. The van der Waals surface area contributed by atoms with E-state index in [1.54, 1.807) is 0 Å². The van der Waals surface area contributed by atoms with E-state index < -0.39 is 0 Å². The molecule has 5 aromatic carbocycles. The second kappa shape index (κ2) is 8.52. The van der Waals surface area contributed by atoms with Gasteiger partial charge in [0, 0.05) is 51.2 Å². The molecule has 1 aliphatic carbocycles. The lowest BCUT2D eigenvalue weighted by Gasteiger charge is -2.49. The fraction of sp³-hybridized carbons (Fsp3) is 0.0811. The van der Waals surface area contributed by atoms with Gasteiger partial charge < -0.3 is 14.7 Å². The van der Waals surface area contributed by atoms with Crippen molar-refractivity contribution in [3.05, 3.63) is 139 Å². The van der Waals surface area contributed by atoms with Gasteiger partial charge in [-0.3, -0.25) is 0 Å². The molecule has 3 nitrogen and oxygen atoms in total. The van der Waals surface area contributed by atoms with Gasteiger partial charge in [0.05, 0.1) is 0 Å². The smallest absolute Gasteiger partial charge is 0.257 e. The molecular weight excluding hydrogens is 497 g/mol. The number of nitrogens with zero attached hydrogens (tertiary/aromatic N) is 3. The maximum Gasteiger partial charge on any atom is 0.257 e. The van der Waals surface area contributed by atoms with Gasteiger partial charge in [-0.05, 0) is 95.5 Å². The van der Waals surface area contributed by atoms with Crippen LogP contribution in [0.4, 0.5) is 45.5 Å². The van der Waals surface area contributed by atoms with Gasteiger partial charge in [-0.1, -0.05) is 73.7 Å². The summed E-state index contributed by atoms with van der Waals surface area (Å²) in [6.07, 6.45) is 7.88.